The fraction of sp³-hybridized carbons (Fsp3) is 0.176. The number of rotatable bonds is 3. The molecule has 0 amide bonds. The standard InChI is InChI=1S/C17H15Cl2NO/c1-10-12-6-3-4-9-15(12)21-17(10)11(2)20-14-8-5-7-13(18)16(14)19/h3-9,11,20H,1-2H3. The molecule has 1 heterocycles. The Bertz CT molecular complexity index is 795. The maximum Gasteiger partial charge on any atom is 0.134 e. The zero-order valence-electron chi connectivity index (χ0n) is 11.8. The van der Waals surface area contributed by atoms with Gasteiger partial charge in [0, 0.05) is 10.9 Å². The van der Waals surface area contributed by atoms with Gasteiger partial charge >= 0.3 is 0 Å². The van der Waals surface area contributed by atoms with Crippen LogP contribution in [0.3, 0.4) is 0 Å². The average molecular weight is 320 g/mol. The van der Waals surface area contributed by atoms with Crippen LogP contribution >= 0.6 is 23.2 Å². The quantitative estimate of drug-likeness (QED) is 0.619. The largest absolute Gasteiger partial charge is 0.459 e. The first kappa shape index (κ1) is 14.3. The molecular weight excluding hydrogens is 305 g/mol. The van der Waals surface area contributed by atoms with Crippen LogP contribution < -0.4 is 5.32 Å². The van der Waals surface area contributed by atoms with E-state index in [1.807, 2.05) is 37.3 Å². The van der Waals surface area contributed by atoms with Gasteiger partial charge in [0.25, 0.3) is 0 Å². The van der Waals surface area contributed by atoms with E-state index < -0.39 is 0 Å². The van der Waals surface area contributed by atoms with Gasteiger partial charge in [0.15, 0.2) is 0 Å². The first-order valence-electron chi connectivity index (χ1n) is 6.76. The van der Waals surface area contributed by atoms with Gasteiger partial charge in [-0.05, 0) is 32.0 Å². The summed E-state index contributed by atoms with van der Waals surface area (Å²) < 4.78 is 5.96. The molecule has 1 aromatic heterocycles. The van der Waals surface area contributed by atoms with Crippen molar-refractivity contribution < 1.29 is 4.42 Å². The van der Waals surface area contributed by atoms with Crippen molar-refractivity contribution in [3.05, 3.63) is 63.8 Å². The van der Waals surface area contributed by atoms with E-state index in [0.29, 0.717) is 10.0 Å². The number of anilines is 1. The number of furan rings is 1. The molecule has 0 aliphatic rings. The number of hydrogen-bond acceptors (Lipinski definition) is 2. The second-order valence-corrected chi connectivity index (χ2v) is 5.84. The van der Waals surface area contributed by atoms with Crippen LogP contribution in [-0.4, -0.2) is 0 Å². The number of fused-ring (bicyclic) bond motifs is 1. The third kappa shape index (κ3) is 2.61. The molecule has 0 saturated carbocycles. The molecule has 108 valence electrons. The van der Waals surface area contributed by atoms with Crippen LogP contribution in [0.4, 0.5) is 5.69 Å². The van der Waals surface area contributed by atoms with Crippen molar-refractivity contribution in [3.63, 3.8) is 0 Å². The Morgan fingerprint density at radius 1 is 1.05 bits per heavy atom. The normalized spacial score (nSPS) is 12.6. The van der Waals surface area contributed by atoms with Crippen molar-refractivity contribution in [2.24, 2.45) is 0 Å². The predicted octanol–water partition coefficient (Wildman–Crippen LogP) is 6.22. The molecule has 0 bridgehead atoms. The number of nitrogens with one attached hydrogen (secondary N) is 1. The van der Waals surface area contributed by atoms with Gasteiger partial charge in [-0.3, -0.25) is 0 Å². The zero-order chi connectivity index (χ0) is 15.0. The highest BCUT2D eigenvalue weighted by Crippen LogP contribution is 2.34. The molecule has 21 heavy (non-hydrogen) atoms. The molecule has 1 atom stereocenters. The zero-order valence-corrected chi connectivity index (χ0v) is 13.3. The number of benzene rings is 2. The third-order valence-corrected chi connectivity index (χ3v) is 4.42. The molecule has 3 aromatic rings. The summed E-state index contributed by atoms with van der Waals surface area (Å²) in [5, 5.41) is 5.56. The molecule has 1 N–H and O–H groups in total. The molecule has 2 aromatic carbocycles. The first-order valence-corrected chi connectivity index (χ1v) is 7.52. The SMILES string of the molecule is Cc1c(C(C)Nc2cccc(Cl)c2Cl)oc2ccccc12. The minimum atomic E-state index is -0.00614. The minimum Gasteiger partial charge on any atom is -0.459 e. The molecule has 4 heteroatoms. The highest BCUT2D eigenvalue weighted by atomic mass is 35.5. The monoisotopic (exact) mass is 319 g/mol. The first-order chi connectivity index (χ1) is 10.1. The summed E-state index contributed by atoms with van der Waals surface area (Å²) in [5.41, 5.74) is 2.84. The van der Waals surface area contributed by atoms with E-state index in [0.717, 1.165) is 28.0 Å². The maximum absolute atomic E-state index is 6.22. The van der Waals surface area contributed by atoms with Gasteiger partial charge in [0.1, 0.15) is 11.3 Å². The maximum atomic E-state index is 6.22. The summed E-state index contributed by atoms with van der Waals surface area (Å²) in [6.45, 7) is 4.11. The second kappa shape index (κ2) is 5.63. The Labute approximate surface area is 133 Å². The molecule has 3 rings (SSSR count). The smallest absolute Gasteiger partial charge is 0.134 e. The van der Waals surface area contributed by atoms with E-state index in [1.165, 1.54) is 0 Å². The number of halogens is 2. The third-order valence-electron chi connectivity index (χ3n) is 3.60. The van der Waals surface area contributed by atoms with Gasteiger partial charge in [0.05, 0.1) is 21.8 Å². The highest BCUT2D eigenvalue weighted by molar-refractivity contribution is 6.43. The van der Waals surface area contributed by atoms with Gasteiger partial charge in [-0.15, -0.1) is 0 Å². The van der Waals surface area contributed by atoms with Crippen LogP contribution in [0.1, 0.15) is 24.3 Å². The fourth-order valence-electron chi connectivity index (χ4n) is 2.52. The van der Waals surface area contributed by atoms with Gasteiger partial charge in [-0.1, -0.05) is 47.5 Å². The van der Waals surface area contributed by atoms with E-state index in [9.17, 15) is 0 Å². The summed E-state index contributed by atoms with van der Waals surface area (Å²) in [7, 11) is 0. The van der Waals surface area contributed by atoms with Gasteiger partial charge in [-0.2, -0.15) is 0 Å². The molecule has 0 fully saturated rings. The van der Waals surface area contributed by atoms with Crippen LogP contribution in [0.25, 0.3) is 11.0 Å². The Balaban J connectivity index is 1.95. The number of hydrogen-bond donors (Lipinski definition) is 1. The molecule has 1 unspecified atom stereocenters. The summed E-state index contributed by atoms with van der Waals surface area (Å²) in [6, 6.07) is 13.6. The molecular formula is C17H15Cl2NO. The van der Waals surface area contributed by atoms with E-state index in [-0.39, 0.29) is 6.04 Å². The topological polar surface area (TPSA) is 25.2 Å². The van der Waals surface area contributed by atoms with Gasteiger partial charge < -0.3 is 9.73 Å². The van der Waals surface area contributed by atoms with Crippen LogP contribution in [0, 0.1) is 6.92 Å². The van der Waals surface area contributed by atoms with Gasteiger partial charge in [0.2, 0.25) is 0 Å². The van der Waals surface area contributed by atoms with Crippen LogP contribution in [0.5, 0.6) is 0 Å². The lowest BCUT2D eigenvalue weighted by atomic mass is 10.1. The summed E-state index contributed by atoms with van der Waals surface area (Å²) in [4.78, 5) is 0. The lowest BCUT2D eigenvalue weighted by Crippen LogP contribution is -2.07. The summed E-state index contributed by atoms with van der Waals surface area (Å²) in [6.07, 6.45) is 0. The van der Waals surface area contributed by atoms with Crippen molar-refractivity contribution in [2.45, 2.75) is 19.9 Å². The van der Waals surface area contributed by atoms with Gasteiger partial charge in [-0.25, -0.2) is 0 Å². The highest BCUT2D eigenvalue weighted by Gasteiger charge is 2.17. The molecule has 2 nitrogen and oxygen atoms in total. The molecule has 0 radical (unpaired) electrons. The van der Waals surface area contributed by atoms with E-state index in [4.69, 9.17) is 27.6 Å². The Hall–Kier alpha value is -1.64. The number of aryl methyl sites for hydroxylation is 1. The minimum absolute atomic E-state index is 0.00614. The van der Waals surface area contributed by atoms with Crippen LogP contribution in [-0.2, 0) is 0 Å². The molecule has 0 spiro atoms. The Morgan fingerprint density at radius 2 is 1.81 bits per heavy atom. The number of para-hydroxylation sites is 1. The van der Waals surface area contributed by atoms with Crippen molar-refractivity contribution in [1.29, 1.82) is 0 Å². The predicted molar refractivity (Wildman–Crippen MR) is 89.5 cm³/mol. The van der Waals surface area contributed by atoms with Crippen molar-refractivity contribution in [3.8, 4) is 0 Å². The second-order valence-electron chi connectivity index (χ2n) is 5.05. The van der Waals surface area contributed by atoms with Crippen LogP contribution in [0.2, 0.25) is 10.0 Å². The lowest BCUT2D eigenvalue weighted by molar-refractivity contribution is 0.522. The summed E-state index contributed by atoms with van der Waals surface area (Å²) >= 11 is 12.3. The van der Waals surface area contributed by atoms with Crippen molar-refractivity contribution >= 4 is 39.9 Å². The van der Waals surface area contributed by atoms with Crippen molar-refractivity contribution in [1.82, 2.24) is 0 Å². The van der Waals surface area contributed by atoms with Crippen molar-refractivity contribution in [2.75, 3.05) is 5.32 Å². The molecule has 0 aliphatic heterocycles. The Kier molecular flexibility index (Phi) is 3.83. The lowest BCUT2D eigenvalue weighted by Gasteiger charge is -2.15. The average Bonchev–Trinajstić information content (AvgIpc) is 2.82. The Morgan fingerprint density at radius 3 is 2.57 bits per heavy atom. The van der Waals surface area contributed by atoms with E-state index in [2.05, 4.69) is 18.3 Å². The summed E-state index contributed by atoms with van der Waals surface area (Å²) in [5.74, 6) is 0.909. The molecule has 0 saturated heterocycles. The van der Waals surface area contributed by atoms with E-state index >= 15 is 0 Å². The molecule has 0 aliphatic carbocycles. The fourth-order valence-corrected chi connectivity index (χ4v) is 2.88. The van der Waals surface area contributed by atoms with Crippen LogP contribution in [0.15, 0.2) is 46.9 Å². The van der Waals surface area contributed by atoms with E-state index in [1.54, 1.807) is 6.07 Å².